The van der Waals surface area contributed by atoms with Crippen LogP contribution in [0.2, 0.25) is 0 Å². The number of hydrogen-bond donors (Lipinski definition) is 0. The fourth-order valence-corrected chi connectivity index (χ4v) is 0.818. The third-order valence-corrected chi connectivity index (χ3v) is 1.39. The summed E-state index contributed by atoms with van der Waals surface area (Å²) in [5.41, 5.74) is 0.180. The Labute approximate surface area is 70.4 Å². The lowest BCUT2D eigenvalue weighted by Crippen LogP contribution is -2.32. The van der Waals surface area contributed by atoms with Crippen LogP contribution in [0.5, 0.6) is 0 Å². The van der Waals surface area contributed by atoms with Crippen molar-refractivity contribution in [2.45, 2.75) is 40.2 Å². The zero-order chi connectivity index (χ0) is 8.91. The van der Waals surface area contributed by atoms with Gasteiger partial charge in [-0.1, -0.05) is 12.2 Å². The highest BCUT2D eigenvalue weighted by Gasteiger charge is 2.14. The third kappa shape index (κ3) is 3.87. The average Bonchev–Trinajstić information content (AvgIpc) is 1.85. The Hall–Kier alpha value is -0.720. The maximum atomic E-state index is 2.19. The highest BCUT2D eigenvalue weighted by Crippen LogP contribution is 2.13. The predicted molar refractivity (Wildman–Crippen MR) is 51.2 cm³/mol. The van der Waals surface area contributed by atoms with E-state index in [1.54, 1.807) is 0 Å². The Balaban J connectivity index is 4.34. The molecule has 0 aliphatic heterocycles. The first-order chi connectivity index (χ1) is 5.02. The van der Waals surface area contributed by atoms with Crippen LogP contribution in [0, 0.1) is 0 Å². The van der Waals surface area contributed by atoms with Gasteiger partial charge in [-0.25, -0.2) is 0 Å². The van der Waals surface area contributed by atoms with Crippen LogP contribution < -0.4 is 0 Å². The van der Waals surface area contributed by atoms with Crippen molar-refractivity contribution in [1.82, 2.24) is 4.90 Å². The molecule has 0 aromatic heterocycles. The second-order valence-electron chi connectivity index (χ2n) is 3.54. The van der Waals surface area contributed by atoms with Crippen molar-refractivity contribution >= 4 is 0 Å². The zero-order valence-electron chi connectivity index (χ0n) is 8.26. The molecule has 0 aliphatic rings. The summed E-state index contributed by atoms with van der Waals surface area (Å²) in [6, 6.07) is 0. The molecule has 0 saturated heterocycles. The molecule has 0 spiro atoms. The molecule has 0 bridgehead atoms. The van der Waals surface area contributed by atoms with Gasteiger partial charge in [0.1, 0.15) is 0 Å². The minimum Gasteiger partial charge on any atom is -0.350 e. The van der Waals surface area contributed by atoms with Crippen LogP contribution in [0.4, 0.5) is 0 Å². The molecule has 0 fully saturated rings. The summed E-state index contributed by atoms with van der Waals surface area (Å²) in [5, 5.41) is 0. The maximum Gasteiger partial charge on any atom is 0.0355 e. The van der Waals surface area contributed by atoms with Gasteiger partial charge in [-0.15, -0.1) is 0 Å². The summed E-state index contributed by atoms with van der Waals surface area (Å²) in [4.78, 5) is 2.19. The van der Waals surface area contributed by atoms with Crippen molar-refractivity contribution in [2.24, 2.45) is 0 Å². The van der Waals surface area contributed by atoms with Crippen molar-refractivity contribution in [1.29, 1.82) is 0 Å². The minimum absolute atomic E-state index is 0.180. The Bertz CT molecular complexity index is 137. The molecule has 11 heavy (non-hydrogen) atoms. The van der Waals surface area contributed by atoms with E-state index in [0.717, 1.165) is 0 Å². The van der Waals surface area contributed by atoms with Crippen molar-refractivity contribution in [3.63, 3.8) is 0 Å². The molecule has 0 N–H and O–H groups in total. The van der Waals surface area contributed by atoms with Crippen molar-refractivity contribution in [3.05, 3.63) is 24.6 Å². The molecule has 0 radical (unpaired) electrons. The topological polar surface area (TPSA) is 3.24 Å². The number of rotatable bonds is 2. The zero-order valence-corrected chi connectivity index (χ0v) is 8.26. The summed E-state index contributed by atoms with van der Waals surface area (Å²) in [7, 11) is 0. The van der Waals surface area contributed by atoms with Gasteiger partial charge in [0.05, 0.1) is 0 Å². The minimum atomic E-state index is 0.180. The van der Waals surface area contributed by atoms with Crippen LogP contribution >= 0.6 is 0 Å². The number of hydrogen-bond acceptors (Lipinski definition) is 1. The molecule has 0 aliphatic carbocycles. The van der Waals surface area contributed by atoms with E-state index in [1.807, 2.05) is 26.0 Å². The van der Waals surface area contributed by atoms with E-state index in [9.17, 15) is 0 Å². The summed E-state index contributed by atoms with van der Waals surface area (Å²) in [5.74, 6) is 0. The van der Waals surface area contributed by atoms with Gasteiger partial charge < -0.3 is 4.90 Å². The largest absolute Gasteiger partial charge is 0.350 e. The van der Waals surface area contributed by atoms with E-state index >= 15 is 0 Å². The average molecular weight is 153 g/mol. The van der Waals surface area contributed by atoms with E-state index in [1.165, 1.54) is 0 Å². The molecule has 0 amide bonds. The predicted octanol–water partition coefficient (Wildman–Crippen LogP) is 3.15. The van der Waals surface area contributed by atoms with Gasteiger partial charge in [-0.05, 0) is 47.0 Å². The first-order valence-corrected chi connectivity index (χ1v) is 4.06. The van der Waals surface area contributed by atoms with Crippen LogP contribution in [-0.4, -0.2) is 10.4 Å². The second-order valence-corrected chi connectivity index (χ2v) is 3.54. The van der Waals surface area contributed by atoms with Crippen molar-refractivity contribution in [2.75, 3.05) is 0 Å². The van der Waals surface area contributed by atoms with Crippen LogP contribution in [0.3, 0.4) is 0 Å². The fraction of sp³-hybridized carbons (Fsp3) is 0.600. The Morgan fingerprint density at radius 2 is 1.27 bits per heavy atom. The van der Waals surface area contributed by atoms with Crippen LogP contribution in [0.15, 0.2) is 24.6 Å². The van der Waals surface area contributed by atoms with E-state index in [-0.39, 0.29) is 5.54 Å². The van der Waals surface area contributed by atoms with E-state index in [4.69, 9.17) is 0 Å². The molecule has 0 aromatic carbocycles. The maximum absolute atomic E-state index is 2.19. The Morgan fingerprint density at radius 3 is 1.45 bits per heavy atom. The Kier molecular flexibility index (Phi) is 3.94. The lowest BCUT2D eigenvalue weighted by molar-refractivity contribution is 0.280. The summed E-state index contributed by atoms with van der Waals surface area (Å²) >= 11 is 0. The smallest absolute Gasteiger partial charge is 0.0355 e. The van der Waals surface area contributed by atoms with Gasteiger partial charge in [0.15, 0.2) is 0 Å². The second kappa shape index (κ2) is 4.22. The van der Waals surface area contributed by atoms with Crippen molar-refractivity contribution in [3.8, 4) is 0 Å². The first-order valence-electron chi connectivity index (χ1n) is 4.06. The molecule has 0 rings (SSSR count). The standard InChI is InChI=1S/C10H19N/c1-6-8-11(9-7-2)10(3,4)5/h6-9H,1-5H3/b8-6+,9-7+. The summed E-state index contributed by atoms with van der Waals surface area (Å²) in [6.07, 6.45) is 8.26. The lowest BCUT2D eigenvalue weighted by Gasteiger charge is -2.31. The molecular formula is C10H19N. The van der Waals surface area contributed by atoms with Crippen LogP contribution in [0.1, 0.15) is 34.6 Å². The lowest BCUT2D eigenvalue weighted by atomic mass is 10.1. The molecular weight excluding hydrogens is 134 g/mol. The number of allylic oxidation sites excluding steroid dienone is 2. The van der Waals surface area contributed by atoms with Gasteiger partial charge in [0.25, 0.3) is 0 Å². The monoisotopic (exact) mass is 153 g/mol. The highest BCUT2D eigenvalue weighted by molar-refractivity contribution is 4.96. The first kappa shape index (κ1) is 10.3. The number of nitrogens with zero attached hydrogens (tertiary/aromatic N) is 1. The quantitative estimate of drug-likeness (QED) is 0.589. The molecule has 1 heteroatoms. The molecule has 0 heterocycles. The van der Waals surface area contributed by atoms with Gasteiger partial charge in [0, 0.05) is 5.54 Å². The summed E-state index contributed by atoms with van der Waals surface area (Å²) < 4.78 is 0. The SMILES string of the molecule is C/C=C/N(/C=C/C)C(C)(C)C. The molecule has 64 valence electrons. The van der Waals surface area contributed by atoms with Gasteiger partial charge in [0.2, 0.25) is 0 Å². The van der Waals surface area contributed by atoms with E-state index < -0.39 is 0 Å². The van der Waals surface area contributed by atoms with Crippen LogP contribution in [-0.2, 0) is 0 Å². The Morgan fingerprint density at radius 1 is 0.909 bits per heavy atom. The molecule has 0 unspecified atom stereocenters. The third-order valence-electron chi connectivity index (χ3n) is 1.39. The normalized spacial score (nSPS) is 13.2. The van der Waals surface area contributed by atoms with E-state index in [0.29, 0.717) is 0 Å². The molecule has 0 atom stereocenters. The molecule has 1 nitrogen and oxygen atoms in total. The fourth-order valence-electron chi connectivity index (χ4n) is 0.818. The highest BCUT2D eigenvalue weighted by atomic mass is 15.1. The summed E-state index contributed by atoms with van der Waals surface area (Å²) in [6.45, 7) is 10.6. The van der Waals surface area contributed by atoms with E-state index in [2.05, 4.69) is 38.1 Å². The molecule has 0 saturated carbocycles. The van der Waals surface area contributed by atoms with Gasteiger partial charge in [-0.2, -0.15) is 0 Å². The molecule has 0 aromatic rings. The van der Waals surface area contributed by atoms with Crippen LogP contribution in [0.25, 0.3) is 0 Å². The van der Waals surface area contributed by atoms with Gasteiger partial charge in [-0.3, -0.25) is 0 Å². The van der Waals surface area contributed by atoms with Gasteiger partial charge >= 0.3 is 0 Å². The van der Waals surface area contributed by atoms with Crippen molar-refractivity contribution < 1.29 is 0 Å².